The standard InChI is InChI=1S/C17H22ClNO/c1-17(2,3)15-8-10-19(11-9-15)16(20)14-6-4-13(12-18)5-7-14/h4-8H,9-12H2,1-3H3. The fourth-order valence-electron chi connectivity index (χ4n) is 2.45. The van der Waals surface area contributed by atoms with Crippen molar-refractivity contribution < 1.29 is 4.79 Å². The number of amides is 1. The van der Waals surface area contributed by atoms with Gasteiger partial charge in [-0.1, -0.05) is 44.6 Å². The van der Waals surface area contributed by atoms with E-state index in [-0.39, 0.29) is 11.3 Å². The third-order valence-electron chi connectivity index (χ3n) is 3.81. The minimum atomic E-state index is 0.107. The summed E-state index contributed by atoms with van der Waals surface area (Å²) >= 11 is 5.76. The molecule has 0 spiro atoms. The molecule has 1 aliphatic heterocycles. The highest BCUT2D eigenvalue weighted by atomic mass is 35.5. The summed E-state index contributed by atoms with van der Waals surface area (Å²) in [4.78, 5) is 14.3. The number of alkyl halides is 1. The SMILES string of the molecule is CC(C)(C)C1=CCN(C(=O)c2ccc(CCl)cc2)CC1. The van der Waals surface area contributed by atoms with Gasteiger partial charge in [0.1, 0.15) is 0 Å². The zero-order valence-electron chi connectivity index (χ0n) is 12.4. The first-order valence-electron chi connectivity index (χ1n) is 7.05. The van der Waals surface area contributed by atoms with Crippen LogP contribution in [0.5, 0.6) is 0 Å². The maximum Gasteiger partial charge on any atom is 0.254 e. The van der Waals surface area contributed by atoms with Gasteiger partial charge in [-0.2, -0.15) is 0 Å². The van der Waals surface area contributed by atoms with Gasteiger partial charge in [0.05, 0.1) is 0 Å². The number of halogens is 1. The van der Waals surface area contributed by atoms with E-state index in [0.717, 1.165) is 24.1 Å². The van der Waals surface area contributed by atoms with Crippen LogP contribution in [-0.4, -0.2) is 23.9 Å². The van der Waals surface area contributed by atoms with E-state index in [1.165, 1.54) is 5.57 Å². The molecule has 0 N–H and O–H groups in total. The maximum absolute atomic E-state index is 12.4. The molecule has 0 saturated carbocycles. The Morgan fingerprint density at radius 3 is 2.35 bits per heavy atom. The fourth-order valence-corrected chi connectivity index (χ4v) is 2.63. The summed E-state index contributed by atoms with van der Waals surface area (Å²) in [6.07, 6.45) is 3.17. The van der Waals surface area contributed by atoms with Crippen molar-refractivity contribution in [3.63, 3.8) is 0 Å². The molecule has 3 heteroatoms. The molecule has 1 aromatic rings. The van der Waals surface area contributed by atoms with E-state index in [4.69, 9.17) is 11.6 Å². The fraction of sp³-hybridized carbons (Fsp3) is 0.471. The van der Waals surface area contributed by atoms with E-state index < -0.39 is 0 Å². The minimum Gasteiger partial charge on any atom is -0.335 e. The lowest BCUT2D eigenvalue weighted by Crippen LogP contribution is -2.36. The first-order chi connectivity index (χ1) is 9.41. The Hall–Kier alpha value is -1.28. The number of nitrogens with zero attached hydrogens (tertiary/aromatic N) is 1. The smallest absolute Gasteiger partial charge is 0.254 e. The lowest BCUT2D eigenvalue weighted by atomic mass is 9.83. The van der Waals surface area contributed by atoms with E-state index >= 15 is 0 Å². The quantitative estimate of drug-likeness (QED) is 0.589. The molecule has 1 aromatic carbocycles. The van der Waals surface area contributed by atoms with Gasteiger partial charge in [0.2, 0.25) is 0 Å². The maximum atomic E-state index is 12.4. The summed E-state index contributed by atoms with van der Waals surface area (Å²) in [5, 5.41) is 0. The molecule has 1 amide bonds. The van der Waals surface area contributed by atoms with Crippen LogP contribution in [0.2, 0.25) is 0 Å². The van der Waals surface area contributed by atoms with Gasteiger partial charge in [-0.05, 0) is 29.5 Å². The number of carbonyl (C=O) groups is 1. The van der Waals surface area contributed by atoms with Crippen LogP contribution in [0, 0.1) is 5.41 Å². The van der Waals surface area contributed by atoms with Crippen LogP contribution in [-0.2, 0) is 5.88 Å². The molecule has 2 rings (SSSR count). The Morgan fingerprint density at radius 1 is 1.25 bits per heavy atom. The van der Waals surface area contributed by atoms with Crippen molar-refractivity contribution in [1.29, 1.82) is 0 Å². The molecule has 1 heterocycles. The number of hydrogen-bond donors (Lipinski definition) is 0. The summed E-state index contributed by atoms with van der Waals surface area (Å²) in [5.41, 5.74) is 3.43. The summed E-state index contributed by atoms with van der Waals surface area (Å²) in [7, 11) is 0. The Morgan fingerprint density at radius 2 is 1.90 bits per heavy atom. The molecule has 0 bridgehead atoms. The first-order valence-corrected chi connectivity index (χ1v) is 7.59. The molecule has 0 fully saturated rings. The van der Waals surface area contributed by atoms with E-state index in [9.17, 15) is 4.79 Å². The molecule has 0 aromatic heterocycles. The van der Waals surface area contributed by atoms with Crippen molar-refractivity contribution in [2.75, 3.05) is 13.1 Å². The molecule has 0 saturated heterocycles. The summed E-state index contributed by atoms with van der Waals surface area (Å²) in [5.74, 6) is 0.589. The van der Waals surface area contributed by atoms with Crippen LogP contribution in [0.25, 0.3) is 0 Å². The van der Waals surface area contributed by atoms with Gasteiger partial charge in [0, 0.05) is 24.5 Å². The largest absolute Gasteiger partial charge is 0.335 e. The topological polar surface area (TPSA) is 20.3 Å². The highest BCUT2D eigenvalue weighted by Gasteiger charge is 2.24. The third kappa shape index (κ3) is 3.43. The summed E-state index contributed by atoms with van der Waals surface area (Å²) in [6, 6.07) is 7.56. The number of benzene rings is 1. The zero-order valence-corrected chi connectivity index (χ0v) is 13.2. The second-order valence-corrected chi connectivity index (χ2v) is 6.58. The van der Waals surface area contributed by atoms with E-state index in [2.05, 4.69) is 26.8 Å². The Kier molecular flexibility index (Phi) is 4.54. The van der Waals surface area contributed by atoms with Gasteiger partial charge in [-0.25, -0.2) is 0 Å². The highest BCUT2D eigenvalue weighted by Crippen LogP contribution is 2.30. The number of hydrogen-bond acceptors (Lipinski definition) is 1. The molecule has 108 valence electrons. The molecule has 20 heavy (non-hydrogen) atoms. The van der Waals surface area contributed by atoms with E-state index in [0.29, 0.717) is 12.4 Å². The van der Waals surface area contributed by atoms with Crippen LogP contribution in [0.3, 0.4) is 0 Å². The zero-order chi connectivity index (χ0) is 14.8. The Labute approximate surface area is 126 Å². The van der Waals surface area contributed by atoms with Crippen molar-refractivity contribution in [2.24, 2.45) is 5.41 Å². The summed E-state index contributed by atoms with van der Waals surface area (Å²) in [6.45, 7) is 8.19. The van der Waals surface area contributed by atoms with Crippen molar-refractivity contribution >= 4 is 17.5 Å². The van der Waals surface area contributed by atoms with Gasteiger partial charge in [0.25, 0.3) is 5.91 Å². The summed E-state index contributed by atoms with van der Waals surface area (Å²) < 4.78 is 0. The third-order valence-corrected chi connectivity index (χ3v) is 4.12. The second kappa shape index (κ2) is 6.01. The predicted molar refractivity (Wildman–Crippen MR) is 84.1 cm³/mol. The first kappa shape index (κ1) is 15.1. The Bertz CT molecular complexity index is 511. The van der Waals surface area contributed by atoms with Crippen molar-refractivity contribution in [3.05, 3.63) is 47.0 Å². The van der Waals surface area contributed by atoms with Crippen LogP contribution in [0.1, 0.15) is 43.1 Å². The minimum absolute atomic E-state index is 0.107. The van der Waals surface area contributed by atoms with E-state index in [1.807, 2.05) is 29.2 Å². The Balaban J connectivity index is 2.06. The molecule has 0 unspecified atom stereocenters. The molecule has 2 nitrogen and oxygen atoms in total. The second-order valence-electron chi connectivity index (χ2n) is 6.31. The number of rotatable bonds is 2. The van der Waals surface area contributed by atoms with Gasteiger partial charge < -0.3 is 4.90 Å². The molecule has 0 atom stereocenters. The van der Waals surface area contributed by atoms with Crippen molar-refractivity contribution in [2.45, 2.75) is 33.1 Å². The van der Waals surface area contributed by atoms with Crippen molar-refractivity contribution in [3.8, 4) is 0 Å². The predicted octanol–water partition coefficient (Wildman–Crippen LogP) is 4.24. The highest BCUT2D eigenvalue weighted by molar-refractivity contribution is 6.17. The normalized spacial score (nSPS) is 16.0. The lowest BCUT2D eigenvalue weighted by molar-refractivity contribution is 0.0765. The van der Waals surface area contributed by atoms with Crippen molar-refractivity contribution in [1.82, 2.24) is 4.90 Å². The van der Waals surface area contributed by atoms with Gasteiger partial charge >= 0.3 is 0 Å². The molecule has 1 aliphatic rings. The average Bonchev–Trinajstić information content (AvgIpc) is 2.46. The lowest BCUT2D eigenvalue weighted by Gasteiger charge is -2.32. The van der Waals surface area contributed by atoms with Crippen LogP contribution >= 0.6 is 11.6 Å². The van der Waals surface area contributed by atoms with Crippen LogP contribution in [0.15, 0.2) is 35.9 Å². The van der Waals surface area contributed by atoms with Crippen LogP contribution in [0.4, 0.5) is 0 Å². The van der Waals surface area contributed by atoms with E-state index in [1.54, 1.807) is 0 Å². The monoisotopic (exact) mass is 291 g/mol. The molecule has 0 aliphatic carbocycles. The van der Waals surface area contributed by atoms with Gasteiger partial charge in [0.15, 0.2) is 0 Å². The molecule has 0 radical (unpaired) electrons. The average molecular weight is 292 g/mol. The molecular weight excluding hydrogens is 270 g/mol. The van der Waals surface area contributed by atoms with Gasteiger partial charge in [-0.3, -0.25) is 4.79 Å². The van der Waals surface area contributed by atoms with Gasteiger partial charge in [-0.15, -0.1) is 11.6 Å². The molecular formula is C17H22ClNO. The number of carbonyl (C=O) groups excluding carboxylic acids is 1. The van der Waals surface area contributed by atoms with Crippen LogP contribution < -0.4 is 0 Å².